The van der Waals surface area contributed by atoms with E-state index in [0.717, 1.165) is 22.8 Å². The van der Waals surface area contributed by atoms with Crippen molar-refractivity contribution in [2.45, 2.75) is 25.6 Å². The van der Waals surface area contributed by atoms with Crippen LogP contribution in [0.2, 0.25) is 0 Å². The molecular weight excluding hydrogens is 407 g/mol. The third-order valence-corrected chi connectivity index (χ3v) is 4.96. The summed E-state index contributed by atoms with van der Waals surface area (Å²) in [4.78, 5) is 16.4. The molecule has 0 radical (unpaired) electrons. The van der Waals surface area contributed by atoms with Gasteiger partial charge in [-0.1, -0.05) is 17.4 Å². The molecule has 150 valence electrons. The zero-order valence-corrected chi connectivity index (χ0v) is 15.6. The van der Waals surface area contributed by atoms with E-state index < -0.39 is 6.36 Å². The zero-order chi connectivity index (χ0) is 20.4. The highest BCUT2D eigenvalue weighted by atomic mass is 32.1. The van der Waals surface area contributed by atoms with E-state index >= 15 is 0 Å². The molecule has 0 spiro atoms. The fourth-order valence-electron chi connectivity index (χ4n) is 2.81. The summed E-state index contributed by atoms with van der Waals surface area (Å²) in [6.07, 6.45) is -1.50. The standard InChI is InChI=1S/C18H14F3N5O2S/c19-18(20,21)28-11-7-8-12-13(10-11)29-17(22-12)23-16(27)6-3-5-15-25-24-14-4-1-2-9-26(14)15/h1-2,4,7-10H,3,5-6H2,(H,22,23,27). The van der Waals surface area contributed by atoms with Crippen molar-refractivity contribution < 1.29 is 22.7 Å². The third kappa shape index (κ3) is 4.62. The second-order valence-corrected chi connectivity index (χ2v) is 7.17. The van der Waals surface area contributed by atoms with Crippen LogP contribution >= 0.6 is 11.3 Å². The Balaban J connectivity index is 1.35. The lowest BCUT2D eigenvalue weighted by molar-refractivity contribution is -0.274. The second-order valence-electron chi connectivity index (χ2n) is 6.14. The molecule has 4 aromatic rings. The van der Waals surface area contributed by atoms with Crippen molar-refractivity contribution in [1.29, 1.82) is 0 Å². The molecule has 0 aliphatic heterocycles. The number of rotatable bonds is 6. The summed E-state index contributed by atoms with van der Waals surface area (Å²) in [6, 6.07) is 9.44. The van der Waals surface area contributed by atoms with Gasteiger partial charge in [-0.2, -0.15) is 0 Å². The van der Waals surface area contributed by atoms with Gasteiger partial charge in [0.25, 0.3) is 0 Å². The Morgan fingerprint density at radius 1 is 1.21 bits per heavy atom. The third-order valence-electron chi connectivity index (χ3n) is 4.03. The molecule has 0 bridgehead atoms. The maximum Gasteiger partial charge on any atom is 0.573 e. The van der Waals surface area contributed by atoms with Gasteiger partial charge in [0, 0.05) is 25.1 Å². The first-order valence-electron chi connectivity index (χ1n) is 8.62. The lowest BCUT2D eigenvalue weighted by atomic mass is 10.2. The van der Waals surface area contributed by atoms with Gasteiger partial charge < -0.3 is 10.1 Å². The quantitative estimate of drug-likeness (QED) is 0.505. The molecule has 3 heterocycles. The molecule has 0 saturated carbocycles. The molecule has 0 aliphatic rings. The summed E-state index contributed by atoms with van der Waals surface area (Å²) >= 11 is 1.08. The van der Waals surface area contributed by atoms with E-state index in [-0.39, 0.29) is 18.1 Å². The van der Waals surface area contributed by atoms with Gasteiger partial charge in [-0.3, -0.25) is 9.20 Å². The van der Waals surface area contributed by atoms with Crippen molar-refractivity contribution in [2.75, 3.05) is 5.32 Å². The summed E-state index contributed by atoms with van der Waals surface area (Å²) in [5.41, 5.74) is 1.23. The Morgan fingerprint density at radius 3 is 2.90 bits per heavy atom. The van der Waals surface area contributed by atoms with Gasteiger partial charge in [0.1, 0.15) is 11.6 Å². The number of ether oxygens (including phenoxy) is 1. The van der Waals surface area contributed by atoms with Crippen molar-refractivity contribution in [3.63, 3.8) is 0 Å². The minimum absolute atomic E-state index is 0.232. The molecule has 1 aromatic carbocycles. The van der Waals surface area contributed by atoms with Crippen LogP contribution in [0.3, 0.4) is 0 Å². The molecule has 1 amide bonds. The number of hydrogen-bond donors (Lipinski definition) is 1. The Hall–Kier alpha value is -3.21. The largest absolute Gasteiger partial charge is 0.573 e. The molecule has 29 heavy (non-hydrogen) atoms. The number of aromatic nitrogens is 4. The number of amides is 1. The number of benzene rings is 1. The van der Waals surface area contributed by atoms with Crippen LogP contribution in [0.15, 0.2) is 42.6 Å². The van der Waals surface area contributed by atoms with Gasteiger partial charge in [-0.15, -0.1) is 23.4 Å². The number of alkyl halides is 3. The number of anilines is 1. The summed E-state index contributed by atoms with van der Waals surface area (Å²) in [6.45, 7) is 0. The van der Waals surface area contributed by atoms with Crippen molar-refractivity contribution in [2.24, 2.45) is 0 Å². The number of nitrogens with zero attached hydrogens (tertiary/aromatic N) is 4. The van der Waals surface area contributed by atoms with Crippen molar-refractivity contribution >= 4 is 38.2 Å². The number of fused-ring (bicyclic) bond motifs is 2. The first-order chi connectivity index (χ1) is 13.9. The predicted octanol–water partition coefficient (Wildman–Crippen LogP) is 4.20. The molecule has 7 nitrogen and oxygen atoms in total. The number of pyridine rings is 1. The van der Waals surface area contributed by atoms with Crippen LogP contribution in [0.25, 0.3) is 15.9 Å². The van der Waals surface area contributed by atoms with E-state index in [1.807, 2.05) is 28.8 Å². The SMILES string of the molecule is O=C(CCCc1nnc2ccccn12)Nc1nc2ccc(OC(F)(F)F)cc2s1. The Bertz CT molecular complexity index is 1170. The zero-order valence-electron chi connectivity index (χ0n) is 14.8. The Labute approximate surface area is 166 Å². The number of halogens is 3. The minimum atomic E-state index is -4.76. The Kier molecular flexibility index (Phi) is 5.05. The molecule has 0 unspecified atom stereocenters. The van der Waals surface area contributed by atoms with E-state index in [2.05, 4.69) is 25.2 Å². The number of carbonyl (C=O) groups is 1. The van der Waals surface area contributed by atoms with Crippen LogP contribution in [0.4, 0.5) is 18.3 Å². The second kappa shape index (κ2) is 7.66. The number of aryl methyl sites for hydroxylation is 1. The monoisotopic (exact) mass is 421 g/mol. The molecular formula is C18H14F3N5O2S. The minimum Gasteiger partial charge on any atom is -0.406 e. The highest BCUT2D eigenvalue weighted by Gasteiger charge is 2.31. The van der Waals surface area contributed by atoms with Crippen LogP contribution in [0.5, 0.6) is 5.75 Å². The average molecular weight is 421 g/mol. The van der Waals surface area contributed by atoms with Crippen molar-refractivity contribution in [3.8, 4) is 5.75 Å². The predicted molar refractivity (Wildman–Crippen MR) is 101 cm³/mol. The first-order valence-corrected chi connectivity index (χ1v) is 9.44. The molecule has 0 aliphatic carbocycles. The Morgan fingerprint density at radius 2 is 2.07 bits per heavy atom. The summed E-state index contributed by atoms with van der Waals surface area (Å²) < 4.78 is 43.2. The molecule has 4 rings (SSSR count). The fraction of sp³-hybridized carbons (Fsp3) is 0.222. The van der Waals surface area contributed by atoms with Gasteiger partial charge in [0.2, 0.25) is 5.91 Å². The molecule has 1 N–H and O–H groups in total. The van der Waals surface area contributed by atoms with E-state index in [1.165, 1.54) is 18.2 Å². The van der Waals surface area contributed by atoms with Crippen molar-refractivity contribution in [1.82, 2.24) is 19.6 Å². The summed E-state index contributed by atoms with van der Waals surface area (Å²) in [5.74, 6) is 0.210. The topological polar surface area (TPSA) is 81.4 Å². The number of thiazole rings is 1. The van der Waals surface area contributed by atoms with E-state index in [0.29, 0.717) is 28.2 Å². The van der Waals surface area contributed by atoms with E-state index in [4.69, 9.17) is 0 Å². The fourth-order valence-corrected chi connectivity index (χ4v) is 3.72. The normalized spacial score (nSPS) is 11.8. The number of nitrogens with one attached hydrogen (secondary N) is 1. The highest BCUT2D eigenvalue weighted by molar-refractivity contribution is 7.22. The molecule has 0 saturated heterocycles. The summed E-state index contributed by atoms with van der Waals surface area (Å²) in [5, 5.41) is 11.2. The lowest BCUT2D eigenvalue weighted by Gasteiger charge is -2.07. The molecule has 3 aromatic heterocycles. The van der Waals surface area contributed by atoms with Gasteiger partial charge in [-0.25, -0.2) is 4.98 Å². The van der Waals surface area contributed by atoms with Gasteiger partial charge in [-0.05, 0) is 30.7 Å². The maximum absolute atomic E-state index is 12.3. The molecule has 0 fully saturated rings. The summed E-state index contributed by atoms with van der Waals surface area (Å²) in [7, 11) is 0. The van der Waals surface area contributed by atoms with Gasteiger partial charge in [0.05, 0.1) is 10.2 Å². The molecule has 11 heteroatoms. The van der Waals surface area contributed by atoms with E-state index in [1.54, 1.807) is 0 Å². The van der Waals surface area contributed by atoms with Gasteiger partial charge in [0.15, 0.2) is 10.8 Å². The average Bonchev–Trinajstić information content (AvgIpc) is 3.23. The van der Waals surface area contributed by atoms with Crippen LogP contribution in [-0.2, 0) is 11.2 Å². The lowest BCUT2D eigenvalue weighted by Crippen LogP contribution is -2.16. The first kappa shape index (κ1) is 19.1. The van der Waals surface area contributed by atoms with Crippen LogP contribution in [0, 0.1) is 0 Å². The van der Waals surface area contributed by atoms with Crippen LogP contribution in [-0.4, -0.2) is 31.9 Å². The highest BCUT2D eigenvalue weighted by Crippen LogP contribution is 2.31. The van der Waals surface area contributed by atoms with Crippen molar-refractivity contribution in [3.05, 3.63) is 48.4 Å². The van der Waals surface area contributed by atoms with E-state index in [9.17, 15) is 18.0 Å². The maximum atomic E-state index is 12.3. The molecule has 0 atom stereocenters. The van der Waals surface area contributed by atoms with Crippen LogP contribution in [0.1, 0.15) is 18.7 Å². The number of hydrogen-bond acceptors (Lipinski definition) is 6. The smallest absolute Gasteiger partial charge is 0.406 e. The van der Waals surface area contributed by atoms with Crippen LogP contribution < -0.4 is 10.1 Å². The number of carbonyl (C=O) groups excluding carboxylic acids is 1. The van der Waals surface area contributed by atoms with Gasteiger partial charge >= 0.3 is 6.36 Å².